The molecule has 0 aliphatic heterocycles. The Kier molecular flexibility index (Phi) is 5.53. The normalized spacial score (nSPS) is 10.0. The quantitative estimate of drug-likeness (QED) is 0.701. The second-order valence-electron chi connectivity index (χ2n) is 4.58. The van der Waals surface area contributed by atoms with Gasteiger partial charge in [0, 0.05) is 10.0 Å². The first kappa shape index (κ1) is 16.8. The summed E-state index contributed by atoms with van der Waals surface area (Å²) in [4.78, 5) is 35.2. The Balaban J connectivity index is 1.77. The van der Waals surface area contributed by atoms with Crippen LogP contribution in [0.2, 0.25) is 0 Å². The number of hydrogen-bond acceptors (Lipinski definition) is 4. The van der Waals surface area contributed by atoms with Gasteiger partial charge in [0.15, 0.2) is 0 Å². The van der Waals surface area contributed by atoms with Crippen molar-refractivity contribution in [2.24, 2.45) is 0 Å². The van der Waals surface area contributed by atoms with E-state index in [-0.39, 0.29) is 12.5 Å². The van der Waals surface area contributed by atoms with Crippen LogP contribution in [0, 0.1) is 6.92 Å². The summed E-state index contributed by atoms with van der Waals surface area (Å²) in [7, 11) is 0. The van der Waals surface area contributed by atoms with Crippen LogP contribution in [0.5, 0.6) is 0 Å². The summed E-state index contributed by atoms with van der Waals surface area (Å²) in [6.07, 6.45) is 1.38. The maximum Gasteiger partial charge on any atom is 0.273 e. The highest BCUT2D eigenvalue weighted by atomic mass is 79.9. The number of rotatable bonds is 4. The predicted molar refractivity (Wildman–Crippen MR) is 85.5 cm³/mol. The number of hydrogen-bond donors (Lipinski definition) is 3. The minimum atomic E-state index is -0.551. The molecule has 1 aromatic carbocycles. The molecule has 120 valence electrons. The van der Waals surface area contributed by atoms with Crippen molar-refractivity contribution in [2.45, 2.75) is 6.92 Å². The molecule has 7 nitrogen and oxygen atoms in total. The molecule has 3 N–H and O–H groups in total. The topological polar surface area (TPSA) is 100 Å². The molecule has 1 aromatic heterocycles. The Morgan fingerprint density at radius 1 is 1.04 bits per heavy atom. The molecular formula is C15H14BrN3O4. The molecule has 0 saturated carbocycles. The van der Waals surface area contributed by atoms with E-state index < -0.39 is 11.8 Å². The number of carbonyl (C=O) groups excluding carboxylic acids is 3. The van der Waals surface area contributed by atoms with Crippen LogP contribution in [0.15, 0.2) is 45.5 Å². The Morgan fingerprint density at radius 2 is 1.74 bits per heavy atom. The van der Waals surface area contributed by atoms with Crippen molar-refractivity contribution in [1.29, 1.82) is 0 Å². The Bertz CT molecular complexity index is 725. The fraction of sp³-hybridized carbons (Fsp3) is 0.133. The molecule has 0 atom stereocenters. The average molecular weight is 380 g/mol. The van der Waals surface area contributed by atoms with E-state index in [1.165, 1.54) is 12.3 Å². The summed E-state index contributed by atoms with van der Waals surface area (Å²) in [6, 6.07) is 8.19. The number of benzene rings is 1. The first-order valence-electron chi connectivity index (χ1n) is 6.64. The van der Waals surface area contributed by atoms with Crippen LogP contribution in [0.3, 0.4) is 0 Å². The fourth-order valence-electron chi connectivity index (χ4n) is 1.72. The van der Waals surface area contributed by atoms with Crippen LogP contribution >= 0.6 is 15.9 Å². The predicted octanol–water partition coefficient (Wildman–Crippen LogP) is 1.54. The number of aryl methyl sites for hydroxylation is 1. The summed E-state index contributed by atoms with van der Waals surface area (Å²) in [5.41, 5.74) is 5.21. The highest BCUT2D eigenvalue weighted by molar-refractivity contribution is 9.10. The van der Waals surface area contributed by atoms with Gasteiger partial charge in [-0.2, -0.15) is 0 Å². The standard InChI is InChI=1S/C15H14BrN3O4/c1-9-12(6-7-23-9)15(22)19-18-13(20)8-17-14(21)10-2-4-11(16)5-3-10/h2-7H,8H2,1H3,(H,17,21)(H,18,20)(H,19,22). The third-order valence-corrected chi connectivity index (χ3v) is 3.46. The number of carbonyl (C=O) groups is 3. The molecular weight excluding hydrogens is 366 g/mol. The highest BCUT2D eigenvalue weighted by Gasteiger charge is 2.13. The van der Waals surface area contributed by atoms with Gasteiger partial charge in [-0.3, -0.25) is 25.2 Å². The monoisotopic (exact) mass is 379 g/mol. The minimum Gasteiger partial charge on any atom is -0.469 e. The van der Waals surface area contributed by atoms with E-state index in [1.807, 2.05) is 0 Å². The summed E-state index contributed by atoms with van der Waals surface area (Å²) in [6.45, 7) is 1.37. The van der Waals surface area contributed by atoms with Gasteiger partial charge in [0.2, 0.25) is 0 Å². The van der Waals surface area contributed by atoms with E-state index in [4.69, 9.17) is 4.42 Å². The summed E-state index contributed by atoms with van der Waals surface area (Å²) in [5.74, 6) is -0.987. The molecule has 0 aliphatic carbocycles. The van der Waals surface area contributed by atoms with E-state index in [1.54, 1.807) is 31.2 Å². The van der Waals surface area contributed by atoms with Crippen molar-refractivity contribution in [1.82, 2.24) is 16.2 Å². The van der Waals surface area contributed by atoms with Crippen molar-refractivity contribution in [2.75, 3.05) is 6.54 Å². The van der Waals surface area contributed by atoms with Crippen LogP contribution in [0.1, 0.15) is 26.5 Å². The number of halogens is 1. The summed E-state index contributed by atoms with van der Waals surface area (Å²) >= 11 is 3.27. The van der Waals surface area contributed by atoms with E-state index in [2.05, 4.69) is 32.1 Å². The average Bonchev–Trinajstić information content (AvgIpc) is 2.97. The molecule has 0 spiro atoms. The molecule has 3 amide bonds. The van der Waals surface area contributed by atoms with Crippen molar-refractivity contribution in [3.05, 3.63) is 58.0 Å². The zero-order valence-electron chi connectivity index (χ0n) is 12.2. The number of furan rings is 1. The third-order valence-electron chi connectivity index (χ3n) is 2.93. The molecule has 0 aliphatic rings. The molecule has 1 heterocycles. The zero-order chi connectivity index (χ0) is 16.8. The van der Waals surface area contributed by atoms with Gasteiger partial charge < -0.3 is 9.73 Å². The number of hydrazine groups is 1. The van der Waals surface area contributed by atoms with E-state index in [0.29, 0.717) is 16.9 Å². The molecule has 23 heavy (non-hydrogen) atoms. The Morgan fingerprint density at radius 3 is 2.35 bits per heavy atom. The van der Waals surface area contributed by atoms with Crippen LogP contribution < -0.4 is 16.2 Å². The Hall–Kier alpha value is -2.61. The minimum absolute atomic E-state index is 0.264. The second kappa shape index (κ2) is 7.59. The second-order valence-corrected chi connectivity index (χ2v) is 5.50. The number of amides is 3. The van der Waals surface area contributed by atoms with Gasteiger partial charge in [0.1, 0.15) is 5.76 Å². The lowest BCUT2D eigenvalue weighted by Gasteiger charge is -2.08. The largest absolute Gasteiger partial charge is 0.469 e. The molecule has 0 bridgehead atoms. The van der Waals surface area contributed by atoms with Crippen molar-refractivity contribution >= 4 is 33.7 Å². The summed E-state index contributed by atoms with van der Waals surface area (Å²) < 4.78 is 5.85. The van der Waals surface area contributed by atoms with Crippen LogP contribution in [-0.2, 0) is 4.79 Å². The Labute approximate surface area is 140 Å². The molecule has 0 unspecified atom stereocenters. The molecule has 0 saturated heterocycles. The molecule has 8 heteroatoms. The van der Waals surface area contributed by atoms with Crippen molar-refractivity contribution < 1.29 is 18.8 Å². The first-order valence-corrected chi connectivity index (χ1v) is 7.43. The lowest BCUT2D eigenvalue weighted by molar-refractivity contribution is -0.120. The molecule has 2 aromatic rings. The van der Waals surface area contributed by atoms with E-state index in [9.17, 15) is 14.4 Å². The lowest BCUT2D eigenvalue weighted by Crippen LogP contribution is -2.46. The van der Waals surface area contributed by atoms with Gasteiger partial charge in [-0.15, -0.1) is 0 Å². The molecule has 2 rings (SSSR count). The van der Waals surface area contributed by atoms with E-state index >= 15 is 0 Å². The smallest absolute Gasteiger partial charge is 0.273 e. The highest BCUT2D eigenvalue weighted by Crippen LogP contribution is 2.10. The number of nitrogens with one attached hydrogen (secondary N) is 3. The van der Waals surface area contributed by atoms with Crippen LogP contribution in [0.25, 0.3) is 0 Å². The first-order chi connectivity index (χ1) is 11.0. The van der Waals surface area contributed by atoms with Gasteiger partial charge in [0.05, 0.1) is 18.4 Å². The van der Waals surface area contributed by atoms with Gasteiger partial charge in [-0.25, -0.2) is 0 Å². The molecule has 0 radical (unpaired) electrons. The van der Waals surface area contributed by atoms with Crippen molar-refractivity contribution in [3.8, 4) is 0 Å². The fourth-order valence-corrected chi connectivity index (χ4v) is 1.99. The summed E-state index contributed by atoms with van der Waals surface area (Å²) in [5, 5.41) is 2.45. The maximum absolute atomic E-state index is 11.8. The van der Waals surface area contributed by atoms with Gasteiger partial charge >= 0.3 is 0 Å². The maximum atomic E-state index is 11.8. The lowest BCUT2D eigenvalue weighted by atomic mass is 10.2. The van der Waals surface area contributed by atoms with Crippen LogP contribution in [-0.4, -0.2) is 24.3 Å². The van der Waals surface area contributed by atoms with Gasteiger partial charge in [0.25, 0.3) is 17.7 Å². The SMILES string of the molecule is Cc1occc1C(=O)NNC(=O)CNC(=O)c1ccc(Br)cc1. The molecule has 0 fully saturated rings. The van der Waals surface area contributed by atoms with Gasteiger partial charge in [-0.05, 0) is 37.3 Å². The van der Waals surface area contributed by atoms with E-state index in [0.717, 1.165) is 4.47 Å². The van der Waals surface area contributed by atoms with Crippen molar-refractivity contribution in [3.63, 3.8) is 0 Å². The van der Waals surface area contributed by atoms with Gasteiger partial charge in [-0.1, -0.05) is 15.9 Å². The zero-order valence-corrected chi connectivity index (χ0v) is 13.8. The van der Waals surface area contributed by atoms with Crippen LogP contribution in [0.4, 0.5) is 0 Å². The third kappa shape index (κ3) is 4.68.